The van der Waals surface area contributed by atoms with Crippen molar-refractivity contribution >= 4 is 0 Å². The minimum absolute atomic E-state index is 0.163. The number of nitrogens with two attached hydrogens (primary N) is 1. The molecule has 2 atom stereocenters. The number of likely N-dealkylation sites (tertiary alicyclic amines) is 1. The van der Waals surface area contributed by atoms with Gasteiger partial charge in [0.2, 0.25) is 0 Å². The Hall–Kier alpha value is -0.0800. The molecule has 1 fully saturated rings. The second-order valence-corrected chi connectivity index (χ2v) is 5.61. The predicted octanol–water partition coefficient (Wildman–Crippen LogP) is 2.62. The highest BCUT2D eigenvalue weighted by molar-refractivity contribution is 4.94. The van der Waals surface area contributed by atoms with E-state index in [4.69, 9.17) is 5.73 Å². The summed E-state index contributed by atoms with van der Waals surface area (Å²) in [7, 11) is 0. The molecule has 1 aliphatic heterocycles. The Kier molecular flexibility index (Phi) is 4.60. The van der Waals surface area contributed by atoms with Crippen LogP contribution in [0.3, 0.4) is 0 Å². The SMILES string of the molecule is CCC(C)C(N)C(C)(C)N1CCCCC1. The van der Waals surface area contributed by atoms with Gasteiger partial charge in [-0.1, -0.05) is 26.7 Å². The van der Waals surface area contributed by atoms with Gasteiger partial charge in [-0.15, -0.1) is 0 Å². The van der Waals surface area contributed by atoms with E-state index in [2.05, 4.69) is 32.6 Å². The highest BCUT2D eigenvalue weighted by atomic mass is 15.2. The Morgan fingerprint density at radius 1 is 1.20 bits per heavy atom. The molecular weight excluding hydrogens is 184 g/mol. The third-order valence-corrected chi connectivity index (χ3v) is 4.24. The molecule has 0 amide bonds. The Labute approximate surface area is 95.2 Å². The van der Waals surface area contributed by atoms with Crippen LogP contribution in [0.2, 0.25) is 0 Å². The van der Waals surface area contributed by atoms with E-state index in [1.165, 1.54) is 38.8 Å². The lowest BCUT2D eigenvalue weighted by molar-refractivity contribution is 0.0564. The van der Waals surface area contributed by atoms with Crippen LogP contribution < -0.4 is 5.73 Å². The molecule has 1 aliphatic rings. The molecule has 15 heavy (non-hydrogen) atoms. The highest BCUT2D eigenvalue weighted by Crippen LogP contribution is 2.27. The number of rotatable bonds is 4. The summed E-state index contributed by atoms with van der Waals surface area (Å²) in [6, 6.07) is 0.292. The van der Waals surface area contributed by atoms with Crippen molar-refractivity contribution in [3.8, 4) is 0 Å². The molecule has 0 aromatic rings. The van der Waals surface area contributed by atoms with Crippen molar-refractivity contribution in [3.63, 3.8) is 0 Å². The maximum absolute atomic E-state index is 6.39. The Morgan fingerprint density at radius 2 is 1.73 bits per heavy atom. The van der Waals surface area contributed by atoms with Gasteiger partial charge in [-0.3, -0.25) is 4.90 Å². The summed E-state index contributed by atoms with van der Waals surface area (Å²) in [5.41, 5.74) is 6.56. The average molecular weight is 212 g/mol. The van der Waals surface area contributed by atoms with Gasteiger partial charge in [0.25, 0.3) is 0 Å². The molecule has 0 saturated carbocycles. The molecule has 90 valence electrons. The Bertz CT molecular complexity index is 179. The fraction of sp³-hybridized carbons (Fsp3) is 1.00. The van der Waals surface area contributed by atoms with Gasteiger partial charge in [0.1, 0.15) is 0 Å². The fourth-order valence-electron chi connectivity index (χ4n) is 2.63. The molecule has 1 saturated heterocycles. The van der Waals surface area contributed by atoms with Crippen molar-refractivity contribution in [2.24, 2.45) is 11.7 Å². The summed E-state index contributed by atoms with van der Waals surface area (Å²) in [5.74, 6) is 0.613. The first kappa shape index (κ1) is 13.0. The third kappa shape index (κ3) is 2.94. The van der Waals surface area contributed by atoms with Crippen LogP contribution in [0.15, 0.2) is 0 Å². The smallest absolute Gasteiger partial charge is 0.0306 e. The first-order chi connectivity index (χ1) is 7.00. The monoisotopic (exact) mass is 212 g/mol. The van der Waals surface area contributed by atoms with Crippen LogP contribution in [-0.2, 0) is 0 Å². The van der Waals surface area contributed by atoms with Gasteiger partial charge in [0.05, 0.1) is 0 Å². The zero-order valence-electron chi connectivity index (χ0n) is 10.9. The summed E-state index contributed by atoms with van der Waals surface area (Å²) in [4.78, 5) is 2.59. The summed E-state index contributed by atoms with van der Waals surface area (Å²) in [6.07, 6.45) is 5.26. The largest absolute Gasteiger partial charge is 0.326 e. The van der Waals surface area contributed by atoms with Crippen LogP contribution in [0.4, 0.5) is 0 Å². The number of hydrogen-bond acceptors (Lipinski definition) is 2. The second-order valence-electron chi connectivity index (χ2n) is 5.61. The number of piperidine rings is 1. The van der Waals surface area contributed by atoms with Gasteiger partial charge in [-0.05, 0) is 45.7 Å². The van der Waals surface area contributed by atoms with Crippen LogP contribution in [-0.4, -0.2) is 29.6 Å². The minimum atomic E-state index is 0.163. The average Bonchev–Trinajstić information content (AvgIpc) is 2.28. The molecular formula is C13H28N2. The van der Waals surface area contributed by atoms with Crippen molar-refractivity contribution in [2.45, 2.75) is 65.0 Å². The standard InChI is InChI=1S/C13H28N2/c1-5-11(2)12(14)13(3,4)15-9-7-6-8-10-15/h11-12H,5-10,14H2,1-4H3. The molecule has 1 heterocycles. The van der Waals surface area contributed by atoms with E-state index >= 15 is 0 Å². The van der Waals surface area contributed by atoms with Crippen molar-refractivity contribution in [1.29, 1.82) is 0 Å². The molecule has 0 bridgehead atoms. The number of hydrogen-bond donors (Lipinski definition) is 1. The van der Waals surface area contributed by atoms with Gasteiger partial charge in [-0.2, -0.15) is 0 Å². The predicted molar refractivity (Wildman–Crippen MR) is 66.9 cm³/mol. The van der Waals surface area contributed by atoms with Gasteiger partial charge >= 0.3 is 0 Å². The lowest BCUT2D eigenvalue weighted by Crippen LogP contribution is -2.59. The maximum Gasteiger partial charge on any atom is 0.0306 e. The normalized spacial score (nSPS) is 23.8. The quantitative estimate of drug-likeness (QED) is 0.776. The topological polar surface area (TPSA) is 29.3 Å². The second kappa shape index (κ2) is 5.31. The van der Waals surface area contributed by atoms with Crippen LogP contribution in [0.5, 0.6) is 0 Å². The molecule has 1 rings (SSSR count). The zero-order valence-corrected chi connectivity index (χ0v) is 10.9. The van der Waals surface area contributed by atoms with E-state index in [1.807, 2.05) is 0 Å². The maximum atomic E-state index is 6.39. The minimum Gasteiger partial charge on any atom is -0.326 e. The van der Waals surface area contributed by atoms with Crippen LogP contribution in [0, 0.1) is 5.92 Å². The molecule has 0 aromatic carbocycles. The van der Waals surface area contributed by atoms with Gasteiger partial charge in [0, 0.05) is 11.6 Å². The van der Waals surface area contributed by atoms with E-state index in [9.17, 15) is 0 Å². The van der Waals surface area contributed by atoms with E-state index in [0.29, 0.717) is 12.0 Å². The molecule has 0 aliphatic carbocycles. The molecule has 0 aromatic heterocycles. The van der Waals surface area contributed by atoms with E-state index in [1.54, 1.807) is 0 Å². The van der Waals surface area contributed by atoms with Gasteiger partial charge in [-0.25, -0.2) is 0 Å². The summed E-state index contributed by atoms with van der Waals surface area (Å²) in [6.45, 7) is 11.6. The van der Waals surface area contributed by atoms with Crippen molar-refractivity contribution in [3.05, 3.63) is 0 Å². The molecule has 2 heteroatoms. The lowest BCUT2D eigenvalue weighted by atomic mass is 9.82. The summed E-state index contributed by atoms with van der Waals surface area (Å²) in [5, 5.41) is 0. The fourth-order valence-corrected chi connectivity index (χ4v) is 2.63. The highest BCUT2D eigenvalue weighted by Gasteiger charge is 2.35. The first-order valence-corrected chi connectivity index (χ1v) is 6.50. The van der Waals surface area contributed by atoms with Crippen LogP contribution >= 0.6 is 0 Å². The molecule has 2 nitrogen and oxygen atoms in total. The summed E-state index contributed by atoms with van der Waals surface area (Å²) < 4.78 is 0. The first-order valence-electron chi connectivity index (χ1n) is 6.50. The molecule has 2 N–H and O–H groups in total. The Balaban J connectivity index is 2.62. The van der Waals surface area contributed by atoms with E-state index < -0.39 is 0 Å². The van der Waals surface area contributed by atoms with Crippen molar-refractivity contribution in [2.75, 3.05) is 13.1 Å². The van der Waals surface area contributed by atoms with Crippen molar-refractivity contribution < 1.29 is 0 Å². The van der Waals surface area contributed by atoms with E-state index in [0.717, 1.165) is 0 Å². The van der Waals surface area contributed by atoms with Gasteiger partial charge < -0.3 is 5.73 Å². The third-order valence-electron chi connectivity index (χ3n) is 4.24. The van der Waals surface area contributed by atoms with Crippen molar-refractivity contribution in [1.82, 2.24) is 4.90 Å². The molecule has 0 spiro atoms. The molecule has 0 radical (unpaired) electrons. The number of nitrogens with zero attached hydrogens (tertiary/aromatic N) is 1. The summed E-state index contributed by atoms with van der Waals surface area (Å²) >= 11 is 0. The van der Waals surface area contributed by atoms with Crippen LogP contribution in [0.1, 0.15) is 53.4 Å². The molecule has 2 unspecified atom stereocenters. The lowest BCUT2D eigenvalue weighted by Gasteiger charge is -2.46. The van der Waals surface area contributed by atoms with Crippen LogP contribution in [0.25, 0.3) is 0 Å². The van der Waals surface area contributed by atoms with Gasteiger partial charge in [0.15, 0.2) is 0 Å². The Morgan fingerprint density at radius 3 is 2.20 bits per heavy atom. The zero-order chi connectivity index (χ0) is 11.5. The van der Waals surface area contributed by atoms with E-state index in [-0.39, 0.29) is 5.54 Å².